The van der Waals surface area contributed by atoms with Crippen LogP contribution in [0.3, 0.4) is 0 Å². The van der Waals surface area contributed by atoms with Gasteiger partial charge in [0.2, 0.25) is 0 Å². The number of aliphatic hydroxyl groups excluding tert-OH is 1. The summed E-state index contributed by atoms with van der Waals surface area (Å²) in [4.78, 5) is 2.30. The summed E-state index contributed by atoms with van der Waals surface area (Å²) in [6.07, 6.45) is 1.43. The number of likely N-dealkylation sites (tertiary alicyclic amines) is 1. The van der Waals surface area contributed by atoms with Gasteiger partial charge >= 0.3 is 0 Å². The van der Waals surface area contributed by atoms with Crippen molar-refractivity contribution < 1.29 is 9.84 Å². The van der Waals surface area contributed by atoms with Crippen LogP contribution in [-0.2, 0) is 0 Å². The molecule has 1 fully saturated rings. The average Bonchev–Trinajstić information content (AvgIpc) is 2.42. The van der Waals surface area contributed by atoms with E-state index in [2.05, 4.69) is 17.3 Å². The molecule has 1 atom stereocenters. The number of ether oxygens (including phenoxy) is 1. The number of benzene rings is 1. The third kappa shape index (κ3) is 3.59. The molecule has 106 valence electrons. The van der Waals surface area contributed by atoms with Crippen molar-refractivity contribution in [2.45, 2.75) is 25.1 Å². The third-order valence-corrected chi connectivity index (χ3v) is 3.69. The molecule has 0 aliphatic carbocycles. The van der Waals surface area contributed by atoms with Crippen LogP contribution in [0.2, 0.25) is 0 Å². The van der Waals surface area contributed by atoms with Crippen LogP contribution < -0.4 is 15.8 Å². The number of hydrogen-bond donors (Lipinski definition) is 3. The van der Waals surface area contributed by atoms with E-state index in [4.69, 9.17) is 10.5 Å². The number of rotatable bonds is 4. The topological polar surface area (TPSA) is 70.8 Å². The van der Waals surface area contributed by atoms with Crippen LogP contribution in [0.4, 0.5) is 5.69 Å². The quantitative estimate of drug-likeness (QED) is 0.558. The van der Waals surface area contributed by atoms with Crippen LogP contribution in [0.25, 0.3) is 0 Å². The minimum Gasteiger partial charge on any atom is -0.495 e. The lowest BCUT2D eigenvalue weighted by molar-refractivity contribution is 0.103. The zero-order valence-corrected chi connectivity index (χ0v) is 11.6. The molecule has 0 radical (unpaired) electrons. The molecule has 2 rings (SSSR count). The Bertz CT molecular complexity index is 417. The predicted octanol–water partition coefficient (Wildman–Crippen LogP) is 0.952. The first-order valence-corrected chi connectivity index (χ1v) is 6.66. The molecule has 4 N–H and O–H groups in total. The number of nitrogens with two attached hydrogens (primary N) is 1. The number of nitrogen functional groups attached to an aromatic ring is 1. The van der Waals surface area contributed by atoms with E-state index >= 15 is 0 Å². The molecule has 0 bridgehead atoms. The van der Waals surface area contributed by atoms with Crippen LogP contribution in [0.5, 0.6) is 5.75 Å². The molecule has 0 amide bonds. The van der Waals surface area contributed by atoms with Gasteiger partial charge in [-0.15, -0.1) is 0 Å². The van der Waals surface area contributed by atoms with Gasteiger partial charge in [0, 0.05) is 6.04 Å². The maximum Gasteiger partial charge on any atom is 0.142 e. The number of piperidine rings is 1. The van der Waals surface area contributed by atoms with Crippen molar-refractivity contribution in [2.24, 2.45) is 0 Å². The van der Waals surface area contributed by atoms with E-state index in [9.17, 15) is 5.11 Å². The Kier molecular flexibility index (Phi) is 4.63. The largest absolute Gasteiger partial charge is 0.495 e. The van der Waals surface area contributed by atoms with E-state index in [1.165, 1.54) is 0 Å². The van der Waals surface area contributed by atoms with Gasteiger partial charge in [-0.05, 0) is 50.7 Å². The normalized spacial score (nSPS) is 19.3. The number of methoxy groups -OCH3 is 1. The standard InChI is InChI=1S/C14H23N3O2/c1-17-7-5-11(6-8-17)16-14(18)10-3-4-12(15)13(9-10)19-2/h3-4,9,11,14,16,18H,5-8,15H2,1-2H3. The maximum atomic E-state index is 10.2. The second-order valence-corrected chi connectivity index (χ2v) is 5.15. The molecule has 1 heterocycles. The molecule has 1 aliphatic rings. The maximum absolute atomic E-state index is 10.2. The van der Waals surface area contributed by atoms with E-state index in [1.54, 1.807) is 19.2 Å². The lowest BCUT2D eigenvalue weighted by Gasteiger charge is -2.31. The van der Waals surface area contributed by atoms with Gasteiger partial charge in [0.1, 0.15) is 12.0 Å². The predicted molar refractivity (Wildman–Crippen MR) is 76.0 cm³/mol. The zero-order valence-electron chi connectivity index (χ0n) is 11.6. The van der Waals surface area contributed by atoms with Gasteiger partial charge in [-0.2, -0.15) is 0 Å². The Morgan fingerprint density at radius 1 is 1.42 bits per heavy atom. The van der Waals surface area contributed by atoms with Crippen molar-refractivity contribution in [1.29, 1.82) is 0 Å². The van der Waals surface area contributed by atoms with Crippen molar-refractivity contribution >= 4 is 5.69 Å². The van der Waals surface area contributed by atoms with E-state index in [-0.39, 0.29) is 0 Å². The van der Waals surface area contributed by atoms with Crippen molar-refractivity contribution in [3.05, 3.63) is 23.8 Å². The number of nitrogens with one attached hydrogen (secondary N) is 1. The lowest BCUT2D eigenvalue weighted by Crippen LogP contribution is -2.42. The summed E-state index contributed by atoms with van der Waals surface area (Å²) >= 11 is 0. The molecule has 1 aromatic carbocycles. The van der Waals surface area contributed by atoms with Crippen LogP contribution in [-0.4, -0.2) is 43.3 Å². The number of aliphatic hydroxyl groups is 1. The third-order valence-electron chi connectivity index (χ3n) is 3.69. The molecule has 0 saturated carbocycles. The summed E-state index contributed by atoms with van der Waals surface area (Å²) in [6, 6.07) is 5.72. The SMILES string of the molecule is COc1cc(C(O)NC2CCN(C)CC2)ccc1N. The van der Waals surface area contributed by atoms with E-state index < -0.39 is 6.23 Å². The summed E-state index contributed by atoms with van der Waals surface area (Å²) in [5, 5.41) is 13.5. The Labute approximate surface area is 114 Å². The van der Waals surface area contributed by atoms with Gasteiger partial charge in [0.25, 0.3) is 0 Å². The van der Waals surface area contributed by atoms with Gasteiger partial charge in [0.05, 0.1) is 12.8 Å². The number of nitrogens with zero attached hydrogens (tertiary/aromatic N) is 1. The summed E-state index contributed by atoms with van der Waals surface area (Å²) < 4.78 is 5.17. The molecular formula is C14H23N3O2. The first-order valence-electron chi connectivity index (χ1n) is 6.66. The van der Waals surface area contributed by atoms with Crippen molar-refractivity contribution in [3.63, 3.8) is 0 Å². The number of anilines is 1. The summed E-state index contributed by atoms with van der Waals surface area (Å²) in [7, 11) is 3.70. The summed E-state index contributed by atoms with van der Waals surface area (Å²) in [5.74, 6) is 0.599. The van der Waals surface area contributed by atoms with Crippen molar-refractivity contribution in [2.75, 3.05) is 33.0 Å². The van der Waals surface area contributed by atoms with Gasteiger partial charge in [-0.3, -0.25) is 5.32 Å². The highest BCUT2D eigenvalue weighted by molar-refractivity contribution is 5.54. The fourth-order valence-corrected chi connectivity index (χ4v) is 2.39. The second kappa shape index (κ2) is 6.23. The Morgan fingerprint density at radius 2 is 2.11 bits per heavy atom. The van der Waals surface area contributed by atoms with Gasteiger partial charge < -0.3 is 20.5 Å². The first-order chi connectivity index (χ1) is 9.10. The van der Waals surface area contributed by atoms with Crippen LogP contribution in [0.15, 0.2) is 18.2 Å². The fourth-order valence-electron chi connectivity index (χ4n) is 2.39. The molecule has 19 heavy (non-hydrogen) atoms. The highest BCUT2D eigenvalue weighted by Gasteiger charge is 2.20. The molecular weight excluding hydrogens is 242 g/mol. The van der Waals surface area contributed by atoms with Crippen LogP contribution >= 0.6 is 0 Å². The Morgan fingerprint density at radius 3 is 2.74 bits per heavy atom. The Hall–Kier alpha value is -1.30. The molecule has 5 heteroatoms. The molecule has 1 saturated heterocycles. The van der Waals surface area contributed by atoms with Gasteiger partial charge in [-0.1, -0.05) is 6.07 Å². The monoisotopic (exact) mass is 265 g/mol. The first kappa shape index (κ1) is 14.1. The minimum atomic E-state index is -0.678. The molecule has 0 aromatic heterocycles. The highest BCUT2D eigenvalue weighted by Crippen LogP contribution is 2.25. The van der Waals surface area contributed by atoms with Crippen LogP contribution in [0, 0.1) is 0 Å². The molecule has 1 aliphatic heterocycles. The van der Waals surface area contributed by atoms with E-state index in [0.717, 1.165) is 31.5 Å². The summed E-state index contributed by atoms with van der Waals surface area (Å²) in [5.41, 5.74) is 7.13. The molecule has 1 unspecified atom stereocenters. The summed E-state index contributed by atoms with van der Waals surface area (Å²) in [6.45, 7) is 2.13. The fraction of sp³-hybridized carbons (Fsp3) is 0.571. The molecule has 1 aromatic rings. The van der Waals surface area contributed by atoms with Crippen LogP contribution in [0.1, 0.15) is 24.6 Å². The second-order valence-electron chi connectivity index (χ2n) is 5.15. The molecule has 0 spiro atoms. The Balaban J connectivity index is 1.97. The average molecular weight is 265 g/mol. The van der Waals surface area contributed by atoms with Gasteiger partial charge in [0.15, 0.2) is 0 Å². The van der Waals surface area contributed by atoms with E-state index in [0.29, 0.717) is 17.5 Å². The zero-order chi connectivity index (χ0) is 13.8. The van der Waals surface area contributed by atoms with Gasteiger partial charge in [-0.25, -0.2) is 0 Å². The van der Waals surface area contributed by atoms with E-state index in [1.807, 2.05) is 6.07 Å². The van der Waals surface area contributed by atoms with Crippen molar-refractivity contribution in [1.82, 2.24) is 10.2 Å². The minimum absolute atomic E-state index is 0.356. The van der Waals surface area contributed by atoms with Crippen molar-refractivity contribution in [3.8, 4) is 5.75 Å². The molecule has 5 nitrogen and oxygen atoms in total. The number of hydrogen-bond acceptors (Lipinski definition) is 5. The highest BCUT2D eigenvalue weighted by atomic mass is 16.5. The smallest absolute Gasteiger partial charge is 0.142 e. The lowest BCUT2D eigenvalue weighted by atomic mass is 10.0.